The first-order valence-corrected chi connectivity index (χ1v) is 15.1. The highest BCUT2D eigenvalue weighted by atomic mass is 16.5. The molecule has 1 fully saturated rings. The van der Waals surface area contributed by atoms with E-state index in [1.165, 1.54) is 0 Å². The molecule has 2 aliphatic rings. The molecule has 2 amide bonds. The first-order valence-electron chi connectivity index (χ1n) is 15.1. The third kappa shape index (κ3) is 8.75. The second-order valence-corrected chi connectivity index (χ2v) is 11.1. The Morgan fingerprint density at radius 3 is 2.84 bits per heavy atom. The van der Waals surface area contributed by atoms with Crippen LogP contribution in [-0.4, -0.2) is 90.7 Å². The van der Waals surface area contributed by atoms with Crippen molar-refractivity contribution in [3.8, 4) is 17.2 Å². The van der Waals surface area contributed by atoms with Gasteiger partial charge in [0, 0.05) is 64.9 Å². The summed E-state index contributed by atoms with van der Waals surface area (Å²) in [5, 5.41) is 3.21. The van der Waals surface area contributed by atoms with E-state index >= 15 is 0 Å². The Balaban J connectivity index is 1.36. The predicted octanol–water partition coefficient (Wildman–Crippen LogP) is 3.36. The number of benzene rings is 2. The molecule has 1 saturated heterocycles. The molecule has 0 saturated carbocycles. The zero-order chi connectivity index (χ0) is 30.7. The number of amides is 2. The van der Waals surface area contributed by atoms with Crippen molar-refractivity contribution in [1.29, 1.82) is 0 Å². The number of ether oxygens (including phenoxy) is 4. The molecule has 3 heterocycles. The van der Waals surface area contributed by atoms with Crippen molar-refractivity contribution >= 4 is 11.8 Å². The van der Waals surface area contributed by atoms with Gasteiger partial charge in [0.1, 0.15) is 5.75 Å². The average molecular weight is 604 g/mol. The molecule has 234 valence electrons. The van der Waals surface area contributed by atoms with Crippen LogP contribution in [0, 0.1) is 0 Å². The maximum absolute atomic E-state index is 13.5. The van der Waals surface area contributed by atoms with Gasteiger partial charge in [0.2, 0.25) is 11.8 Å². The molecule has 2 atom stereocenters. The van der Waals surface area contributed by atoms with Crippen LogP contribution in [0.25, 0.3) is 0 Å². The molecule has 5 rings (SSSR count). The summed E-state index contributed by atoms with van der Waals surface area (Å²) in [6.45, 7) is 3.26. The van der Waals surface area contributed by atoms with E-state index in [1.54, 1.807) is 32.8 Å². The van der Waals surface area contributed by atoms with E-state index in [1.807, 2.05) is 47.4 Å². The number of carbonyl (C=O) groups excluding carboxylic acids is 2. The lowest BCUT2D eigenvalue weighted by Gasteiger charge is -2.39. The van der Waals surface area contributed by atoms with Gasteiger partial charge >= 0.3 is 0 Å². The van der Waals surface area contributed by atoms with Crippen LogP contribution < -0.4 is 14.8 Å². The van der Waals surface area contributed by atoms with Crippen LogP contribution in [0.3, 0.4) is 0 Å². The summed E-state index contributed by atoms with van der Waals surface area (Å²) in [4.78, 5) is 39.0. The fourth-order valence-electron chi connectivity index (χ4n) is 5.64. The van der Waals surface area contributed by atoms with E-state index in [4.69, 9.17) is 18.9 Å². The predicted molar refractivity (Wildman–Crippen MR) is 163 cm³/mol. The topological polar surface area (TPSA) is 115 Å². The maximum Gasteiger partial charge on any atom is 0.234 e. The van der Waals surface area contributed by atoms with Gasteiger partial charge in [-0.15, -0.1) is 0 Å². The molecular weight excluding hydrogens is 562 g/mol. The molecule has 0 unspecified atom stereocenters. The molecule has 11 nitrogen and oxygen atoms in total. The SMILES string of the molecule is COCCCN1CC(=O)N[C@H]2CN(C(=O)CCc3cnccn3)CC[C@H]2OCc2cccc(c2)Oc2cc(ccc2OC)C1. The molecule has 2 aromatic carbocycles. The number of nitrogens with one attached hydrogen (secondary N) is 1. The minimum atomic E-state index is -0.350. The van der Waals surface area contributed by atoms with Crippen molar-refractivity contribution in [2.75, 3.05) is 47.0 Å². The normalized spacial score (nSPS) is 19.4. The highest BCUT2D eigenvalue weighted by molar-refractivity contribution is 5.79. The summed E-state index contributed by atoms with van der Waals surface area (Å²) in [5.74, 6) is 1.82. The molecule has 1 N–H and O–H groups in total. The van der Waals surface area contributed by atoms with Crippen LogP contribution >= 0.6 is 0 Å². The van der Waals surface area contributed by atoms with Gasteiger partial charge in [-0.1, -0.05) is 18.2 Å². The van der Waals surface area contributed by atoms with Crippen molar-refractivity contribution in [3.63, 3.8) is 0 Å². The third-order valence-electron chi connectivity index (χ3n) is 7.87. The number of methoxy groups -OCH3 is 2. The summed E-state index contributed by atoms with van der Waals surface area (Å²) < 4.78 is 23.5. The number of piperidine rings is 1. The number of hydrogen-bond acceptors (Lipinski definition) is 9. The zero-order valence-electron chi connectivity index (χ0n) is 25.4. The maximum atomic E-state index is 13.5. The smallest absolute Gasteiger partial charge is 0.234 e. The molecule has 0 radical (unpaired) electrons. The molecule has 2 aliphatic heterocycles. The Morgan fingerprint density at radius 2 is 2.02 bits per heavy atom. The van der Waals surface area contributed by atoms with E-state index in [2.05, 4.69) is 20.2 Å². The molecule has 4 bridgehead atoms. The first-order chi connectivity index (χ1) is 21.5. The van der Waals surface area contributed by atoms with E-state index in [-0.39, 0.29) is 30.5 Å². The lowest BCUT2D eigenvalue weighted by molar-refractivity contribution is -0.137. The quantitative estimate of drug-likeness (QED) is 0.387. The Hall–Kier alpha value is -4.06. The van der Waals surface area contributed by atoms with E-state index in [0.717, 1.165) is 23.2 Å². The van der Waals surface area contributed by atoms with Gasteiger partial charge in [-0.2, -0.15) is 0 Å². The zero-order valence-corrected chi connectivity index (χ0v) is 25.4. The van der Waals surface area contributed by atoms with Gasteiger partial charge in [0.25, 0.3) is 0 Å². The number of carbonyl (C=O) groups is 2. The number of fused-ring (bicyclic) bond motifs is 5. The van der Waals surface area contributed by atoms with Gasteiger partial charge in [-0.3, -0.25) is 24.5 Å². The van der Waals surface area contributed by atoms with Crippen molar-refractivity contribution in [2.24, 2.45) is 0 Å². The van der Waals surface area contributed by atoms with Crippen molar-refractivity contribution in [3.05, 3.63) is 77.9 Å². The Kier molecular flexibility index (Phi) is 11.1. The lowest BCUT2D eigenvalue weighted by Crippen LogP contribution is -2.58. The highest BCUT2D eigenvalue weighted by Gasteiger charge is 2.33. The number of aromatic nitrogens is 2. The van der Waals surface area contributed by atoms with Gasteiger partial charge in [0.15, 0.2) is 11.5 Å². The molecule has 0 spiro atoms. The fourth-order valence-corrected chi connectivity index (χ4v) is 5.64. The second kappa shape index (κ2) is 15.6. The summed E-state index contributed by atoms with van der Waals surface area (Å²) >= 11 is 0. The highest BCUT2D eigenvalue weighted by Crippen LogP contribution is 2.33. The van der Waals surface area contributed by atoms with Crippen molar-refractivity contribution < 1.29 is 28.5 Å². The van der Waals surface area contributed by atoms with Crippen LogP contribution in [0.15, 0.2) is 61.1 Å². The van der Waals surface area contributed by atoms with Gasteiger partial charge in [-0.25, -0.2) is 0 Å². The van der Waals surface area contributed by atoms with Crippen molar-refractivity contribution in [1.82, 2.24) is 25.1 Å². The number of rotatable bonds is 8. The molecule has 3 aromatic rings. The van der Waals surface area contributed by atoms with E-state index in [9.17, 15) is 9.59 Å². The summed E-state index contributed by atoms with van der Waals surface area (Å²) in [6, 6.07) is 13.3. The average Bonchev–Trinajstić information content (AvgIpc) is 3.03. The van der Waals surface area contributed by atoms with Crippen LogP contribution in [0.1, 0.15) is 36.1 Å². The first kappa shape index (κ1) is 31.4. The number of likely N-dealkylation sites (tertiary alicyclic amines) is 1. The number of aryl methyl sites for hydroxylation is 1. The van der Waals surface area contributed by atoms with Crippen LogP contribution in [0.2, 0.25) is 0 Å². The minimum absolute atomic E-state index is 0.0249. The number of hydrogen-bond donors (Lipinski definition) is 1. The van der Waals surface area contributed by atoms with Gasteiger partial charge in [-0.05, 0) is 54.7 Å². The summed E-state index contributed by atoms with van der Waals surface area (Å²) in [5.41, 5.74) is 2.72. The molecule has 11 heteroatoms. The second-order valence-electron chi connectivity index (χ2n) is 11.1. The molecule has 1 aromatic heterocycles. The minimum Gasteiger partial charge on any atom is -0.493 e. The monoisotopic (exact) mass is 603 g/mol. The van der Waals surface area contributed by atoms with Crippen molar-refractivity contribution in [2.45, 2.75) is 51.0 Å². The number of nitrogens with zero attached hydrogens (tertiary/aromatic N) is 4. The standard InChI is InChI=1S/C33H41N5O6/c1-41-16-4-14-37-20-24-7-9-30(42-2)31(18-24)44-27-6-3-5-25(17-27)23-43-29-11-15-38(21-28(29)36-32(39)22-37)33(40)10-8-26-19-34-12-13-35-26/h3,5-7,9,12-13,17-19,28-29H,4,8,10-11,14-16,20-23H2,1-2H3,(H,36,39)/t28-,29+/m0/s1. The largest absolute Gasteiger partial charge is 0.493 e. The van der Waals surface area contributed by atoms with Gasteiger partial charge < -0.3 is 29.2 Å². The Bertz CT molecular complexity index is 1390. The van der Waals surface area contributed by atoms with E-state index in [0.29, 0.717) is 75.9 Å². The third-order valence-corrected chi connectivity index (χ3v) is 7.87. The fraction of sp³-hybridized carbons (Fsp3) is 0.455. The molecule has 44 heavy (non-hydrogen) atoms. The van der Waals surface area contributed by atoms with Crippen LogP contribution in [-0.2, 0) is 38.6 Å². The van der Waals surface area contributed by atoms with Crippen LogP contribution in [0.5, 0.6) is 17.2 Å². The van der Waals surface area contributed by atoms with E-state index < -0.39 is 0 Å². The summed E-state index contributed by atoms with van der Waals surface area (Å²) in [7, 11) is 3.29. The lowest BCUT2D eigenvalue weighted by atomic mass is 10.0. The molecule has 0 aliphatic carbocycles. The van der Waals surface area contributed by atoms with Crippen LogP contribution in [0.4, 0.5) is 0 Å². The summed E-state index contributed by atoms with van der Waals surface area (Å²) in [6.07, 6.45) is 6.90. The van der Waals surface area contributed by atoms with Gasteiger partial charge in [0.05, 0.1) is 38.1 Å². The Labute approximate surface area is 258 Å². The Morgan fingerprint density at radius 1 is 1.11 bits per heavy atom. The molecular formula is C33H41N5O6.